The number of aryl methyl sites for hydroxylation is 1. The molecule has 0 saturated carbocycles. The highest BCUT2D eigenvalue weighted by Crippen LogP contribution is 2.29. The van der Waals surface area contributed by atoms with E-state index in [9.17, 15) is 0 Å². The van der Waals surface area contributed by atoms with E-state index in [-0.39, 0.29) is 0 Å². The molecule has 1 heteroatoms. The highest BCUT2D eigenvalue weighted by Gasteiger charge is 2.21. The van der Waals surface area contributed by atoms with Crippen molar-refractivity contribution in [2.75, 3.05) is 0 Å². The van der Waals surface area contributed by atoms with Gasteiger partial charge in [-0.3, -0.25) is 0 Å². The first kappa shape index (κ1) is 14.3. The van der Waals surface area contributed by atoms with Crippen molar-refractivity contribution in [3.63, 3.8) is 0 Å². The summed E-state index contributed by atoms with van der Waals surface area (Å²) in [6.07, 6.45) is 7.21. The first-order chi connectivity index (χ1) is 8.79. The molecule has 102 valence electrons. The molecule has 0 N–H and O–H groups in total. The second-order valence-corrected chi connectivity index (χ2v) is 12.0. The van der Waals surface area contributed by atoms with Crippen LogP contribution in [0.15, 0.2) is 35.1 Å². The number of benzene rings is 1. The maximum Gasteiger partial charge on any atom is 0.0771 e. The summed E-state index contributed by atoms with van der Waals surface area (Å²) in [4.78, 5) is 0. The monoisotopic (exact) mass is 270 g/mol. The standard InChI is InChI=1S/C18H26Si/c1-13-7-9-17(15(3)14(13)2)11-16-8-10-18(12-16)19(4,5)6/h7,9-10,12H,8,11H2,1-6H3. The molecule has 0 aromatic heterocycles. The highest BCUT2D eigenvalue weighted by atomic mass is 28.3. The molecule has 0 aliphatic heterocycles. The van der Waals surface area contributed by atoms with Gasteiger partial charge in [0.25, 0.3) is 0 Å². The normalized spacial score (nSPS) is 15.5. The van der Waals surface area contributed by atoms with E-state index in [2.05, 4.69) is 64.7 Å². The predicted molar refractivity (Wildman–Crippen MR) is 88.5 cm³/mol. The molecule has 0 atom stereocenters. The molecule has 2 rings (SSSR count). The molecule has 0 radical (unpaired) electrons. The summed E-state index contributed by atoms with van der Waals surface area (Å²) in [5.74, 6) is 0. The molecule has 0 saturated heterocycles. The first-order valence-corrected chi connectivity index (χ1v) is 10.7. The van der Waals surface area contributed by atoms with Crippen molar-refractivity contribution in [3.8, 4) is 0 Å². The van der Waals surface area contributed by atoms with Crippen LogP contribution in [-0.4, -0.2) is 8.07 Å². The Bertz CT molecular complexity index is 554. The van der Waals surface area contributed by atoms with Crippen LogP contribution < -0.4 is 0 Å². The van der Waals surface area contributed by atoms with Gasteiger partial charge in [0.05, 0.1) is 8.07 Å². The summed E-state index contributed by atoms with van der Waals surface area (Å²) < 4.78 is 0. The molecule has 1 aliphatic carbocycles. The quantitative estimate of drug-likeness (QED) is 0.655. The summed E-state index contributed by atoms with van der Waals surface area (Å²) in [5, 5.41) is 1.63. The zero-order chi connectivity index (χ0) is 14.2. The third kappa shape index (κ3) is 3.09. The first-order valence-electron chi connectivity index (χ1n) is 7.25. The van der Waals surface area contributed by atoms with Crippen LogP contribution in [-0.2, 0) is 6.42 Å². The topological polar surface area (TPSA) is 0 Å². The SMILES string of the molecule is Cc1ccc(CC2=CC([Si](C)(C)C)=CC2)c(C)c1C. The number of hydrogen-bond acceptors (Lipinski definition) is 0. The average Bonchev–Trinajstić information content (AvgIpc) is 2.78. The molecule has 1 aliphatic rings. The Morgan fingerprint density at radius 2 is 1.68 bits per heavy atom. The lowest BCUT2D eigenvalue weighted by Gasteiger charge is -2.15. The lowest BCUT2D eigenvalue weighted by atomic mass is 9.94. The van der Waals surface area contributed by atoms with Crippen molar-refractivity contribution in [3.05, 3.63) is 57.3 Å². The molecule has 19 heavy (non-hydrogen) atoms. The van der Waals surface area contributed by atoms with Gasteiger partial charge in [-0.2, -0.15) is 0 Å². The zero-order valence-electron chi connectivity index (χ0n) is 13.2. The Labute approximate surface area is 119 Å². The Hall–Kier alpha value is -1.08. The fourth-order valence-electron chi connectivity index (χ4n) is 2.67. The minimum atomic E-state index is -1.13. The van der Waals surface area contributed by atoms with E-state index in [1.54, 1.807) is 10.8 Å². The van der Waals surface area contributed by atoms with Crippen molar-refractivity contribution in [2.24, 2.45) is 0 Å². The largest absolute Gasteiger partial charge is 0.0812 e. The van der Waals surface area contributed by atoms with Gasteiger partial charge in [0.15, 0.2) is 0 Å². The number of rotatable bonds is 3. The van der Waals surface area contributed by atoms with Gasteiger partial charge in [0, 0.05) is 0 Å². The van der Waals surface area contributed by atoms with Crippen molar-refractivity contribution < 1.29 is 0 Å². The minimum absolute atomic E-state index is 1.12. The molecular weight excluding hydrogens is 244 g/mol. The van der Waals surface area contributed by atoms with Gasteiger partial charge in [0.1, 0.15) is 0 Å². The van der Waals surface area contributed by atoms with Gasteiger partial charge >= 0.3 is 0 Å². The fourth-order valence-corrected chi connectivity index (χ4v) is 4.02. The Morgan fingerprint density at radius 1 is 1.00 bits per heavy atom. The molecular formula is C18H26Si. The molecule has 0 fully saturated rings. The van der Waals surface area contributed by atoms with Crippen LogP contribution in [0.25, 0.3) is 0 Å². The van der Waals surface area contributed by atoms with E-state index < -0.39 is 8.07 Å². The predicted octanol–water partition coefficient (Wildman–Crippen LogP) is 5.29. The fraction of sp³-hybridized carbons (Fsp3) is 0.444. The van der Waals surface area contributed by atoms with Crippen LogP contribution in [0, 0.1) is 20.8 Å². The summed E-state index contributed by atoms with van der Waals surface area (Å²) in [6, 6.07) is 4.57. The number of hydrogen-bond donors (Lipinski definition) is 0. The van der Waals surface area contributed by atoms with Crippen LogP contribution >= 0.6 is 0 Å². The summed E-state index contributed by atoms with van der Waals surface area (Å²) in [7, 11) is -1.13. The molecule has 0 nitrogen and oxygen atoms in total. The van der Waals surface area contributed by atoms with E-state index in [0.29, 0.717) is 0 Å². The zero-order valence-corrected chi connectivity index (χ0v) is 14.2. The molecule has 0 amide bonds. The lowest BCUT2D eigenvalue weighted by molar-refractivity contribution is 1.05. The minimum Gasteiger partial charge on any atom is -0.0812 e. The molecule has 0 heterocycles. The maximum absolute atomic E-state index is 2.47. The van der Waals surface area contributed by atoms with E-state index >= 15 is 0 Å². The number of allylic oxidation sites excluding steroid dienone is 4. The molecule has 1 aromatic carbocycles. The summed E-state index contributed by atoms with van der Waals surface area (Å²) >= 11 is 0. The van der Waals surface area contributed by atoms with Crippen LogP contribution in [0.1, 0.15) is 28.7 Å². The third-order valence-electron chi connectivity index (χ3n) is 4.40. The van der Waals surface area contributed by atoms with Gasteiger partial charge in [-0.15, -0.1) is 0 Å². The van der Waals surface area contributed by atoms with Gasteiger partial charge in [-0.05, 0) is 55.9 Å². The highest BCUT2D eigenvalue weighted by molar-refractivity contribution is 6.83. The van der Waals surface area contributed by atoms with Gasteiger partial charge in [0.2, 0.25) is 0 Å². The Balaban J connectivity index is 2.19. The maximum atomic E-state index is 2.47. The van der Waals surface area contributed by atoms with Crippen LogP contribution in [0.4, 0.5) is 0 Å². The van der Waals surface area contributed by atoms with Crippen LogP contribution in [0.3, 0.4) is 0 Å². The Kier molecular flexibility index (Phi) is 3.87. The van der Waals surface area contributed by atoms with Crippen molar-refractivity contribution in [1.82, 2.24) is 0 Å². The summed E-state index contributed by atoms with van der Waals surface area (Å²) in [6.45, 7) is 14.0. The van der Waals surface area contributed by atoms with Gasteiger partial charge in [-0.25, -0.2) is 0 Å². The van der Waals surface area contributed by atoms with Crippen molar-refractivity contribution in [2.45, 2.75) is 53.3 Å². The smallest absolute Gasteiger partial charge is 0.0771 e. The second kappa shape index (κ2) is 5.13. The van der Waals surface area contributed by atoms with Crippen molar-refractivity contribution in [1.29, 1.82) is 0 Å². The van der Waals surface area contributed by atoms with E-state index in [0.717, 1.165) is 12.8 Å². The van der Waals surface area contributed by atoms with E-state index in [4.69, 9.17) is 0 Å². The second-order valence-electron chi connectivity index (χ2n) is 6.88. The molecule has 0 bridgehead atoms. The Morgan fingerprint density at radius 3 is 2.26 bits per heavy atom. The third-order valence-corrected chi connectivity index (χ3v) is 6.48. The average molecular weight is 270 g/mol. The van der Waals surface area contributed by atoms with Crippen LogP contribution in [0.2, 0.25) is 19.6 Å². The van der Waals surface area contributed by atoms with E-state index in [1.807, 2.05) is 0 Å². The molecule has 0 spiro atoms. The van der Waals surface area contributed by atoms with Gasteiger partial charge < -0.3 is 0 Å². The molecule has 0 unspecified atom stereocenters. The van der Waals surface area contributed by atoms with E-state index in [1.165, 1.54) is 22.3 Å². The van der Waals surface area contributed by atoms with Gasteiger partial charge in [-0.1, -0.05) is 54.7 Å². The molecule has 1 aromatic rings. The van der Waals surface area contributed by atoms with Crippen molar-refractivity contribution >= 4 is 8.07 Å². The lowest BCUT2D eigenvalue weighted by Crippen LogP contribution is -2.21. The van der Waals surface area contributed by atoms with Crippen LogP contribution in [0.5, 0.6) is 0 Å². The summed E-state index contributed by atoms with van der Waals surface area (Å²) in [5.41, 5.74) is 7.42.